The molecule has 1 N–H and O–H groups in total. The van der Waals surface area contributed by atoms with Crippen molar-refractivity contribution in [1.29, 1.82) is 0 Å². The molecule has 16 heavy (non-hydrogen) atoms. The number of nitrogens with one attached hydrogen (secondary N) is 1. The first-order chi connectivity index (χ1) is 7.72. The molecule has 0 aromatic carbocycles. The van der Waals surface area contributed by atoms with Crippen molar-refractivity contribution < 1.29 is 4.84 Å². The predicted molar refractivity (Wildman–Crippen MR) is 64.8 cm³/mol. The minimum atomic E-state index is 0.629. The smallest absolute Gasteiger partial charge is 0.0705 e. The largest absolute Gasteiger partial charge is 0.301 e. The summed E-state index contributed by atoms with van der Waals surface area (Å²) < 4.78 is 0. The molecule has 0 aromatic heterocycles. The summed E-state index contributed by atoms with van der Waals surface area (Å²) >= 11 is 0. The maximum Gasteiger partial charge on any atom is 0.0705 e. The number of hydrogen-bond acceptors (Lipinski definition) is 2. The fourth-order valence-corrected chi connectivity index (χ4v) is 4.43. The Hall–Kier alpha value is -0.0800. The highest BCUT2D eigenvalue weighted by Gasteiger charge is 2.48. The van der Waals surface area contributed by atoms with Gasteiger partial charge in [-0.1, -0.05) is 13.8 Å². The van der Waals surface area contributed by atoms with Crippen molar-refractivity contribution in [2.75, 3.05) is 6.61 Å². The normalized spacial score (nSPS) is 45.6. The van der Waals surface area contributed by atoms with Crippen LogP contribution in [0.4, 0.5) is 0 Å². The summed E-state index contributed by atoms with van der Waals surface area (Å²) in [5, 5.41) is 0. The summed E-state index contributed by atoms with van der Waals surface area (Å²) in [7, 11) is 0. The Balaban J connectivity index is 1.55. The summed E-state index contributed by atoms with van der Waals surface area (Å²) in [4.78, 5) is 5.67. The van der Waals surface area contributed by atoms with E-state index in [1.165, 1.54) is 32.1 Å². The Labute approximate surface area is 99.1 Å². The lowest BCUT2D eigenvalue weighted by molar-refractivity contribution is -0.0925. The monoisotopic (exact) mass is 223 g/mol. The predicted octanol–water partition coefficient (Wildman–Crippen LogP) is 2.99. The molecule has 0 amide bonds. The van der Waals surface area contributed by atoms with Gasteiger partial charge in [0, 0.05) is 6.04 Å². The molecule has 0 aromatic rings. The summed E-state index contributed by atoms with van der Waals surface area (Å²) in [5.41, 5.74) is 3.40. The first kappa shape index (κ1) is 11.0. The standard InChI is InChI=1S/C14H25NO/c1-9(2)8-16-15-14-12-4-10-3-11(6-12)7-13(14)5-10/h9-15H,3-8H2,1-2H3. The average Bonchev–Trinajstić information content (AvgIpc) is 2.20. The van der Waals surface area contributed by atoms with E-state index in [4.69, 9.17) is 4.84 Å². The minimum absolute atomic E-state index is 0.629. The van der Waals surface area contributed by atoms with E-state index < -0.39 is 0 Å². The van der Waals surface area contributed by atoms with Gasteiger partial charge < -0.3 is 4.84 Å². The van der Waals surface area contributed by atoms with Gasteiger partial charge >= 0.3 is 0 Å². The van der Waals surface area contributed by atoms with Gasteiger partial charge in [-0.2, -0.15) is 5.48 Å². The minimum Gasteiger partial charge on any atom is -0.301 e. The van der Waals surface area contributed by atoms with Crippen molar-refractivity contribution in [3.8, 4) is 0 Å². The van der Waals surface area contributed by atoms with E-state index in [9.17, 15) is 0 Å². The van der Waals surface area contributed by atoms with E-state index in [2.05, 4.69) is 19.3 Å². The number of rotatable bonds is 4. The molecule has 2 heteroatoms. The maximum absolute atomic E-state index is 5.67. The van der Waals surface area contributed by atoms with Crippen LogP contribution in [0.3, 0.4) is 0 Å². The molecule has 4 fully saturated rings. The van der Waals surface area contributed by atoms with Crippen molar-refractivity contribution in [3.05, 3.63) is 0 Å². The Kier molecular flexibility index (Phi) is 2.97. The van der Waals surface area contributed by atoms with E-state index >= 15 is 0 Å². The van der Waals surface area contributed by atoms with Crippen LogP contribution in [0.15, 0.2) is 0 Å². The molecule has 4 aliphatic carbocycles. The van der Waals surface area contributed by atoms with Crippen LogP contribution >= 0.6 is 0 Å². The zero-order chi connectivity index (χ0) is 11.1. The SMILES string of the molecule is CC(C)CONC1C2CC3CC(C2)CC1C3. The lowest BCUT2D eigenvalue weighted by Gasteiger charge is -2.54. The van der Waals surface area contributed by atoms with Gasteiger partial charge in [-0.05, 0) is 61.7 Å². The van der Waals surface area contributed by atoms with Gasteiger partial charge in [-0.3, -0.25) is 0 Å². The Morgan fingerprint density at radius 1 is 1.00 bits per heavy atom. The second kappa shape index (κ2) is 4.30. The van der Waals surface area contributed by atoms with Gasteiger partial charge in [0.15, 0.2) is 0 Å². The molecule has 92 valence electrons. The van der Waals surface area contributed by atoms with Crippen LogP contribution in [0.1, 0.15) is 46.0 Å². The molecule has 0 unspecified atom stereocenters. The summed E-state index contributed by atoms with van der Waals surface area (Å²) in [5.74, 6) is 4.59. The highest BCUT2D eigenvalue weighted by atomic mass is 16.6. The molecule has 0 saturated heterocycles. The molecule has 0 aliphatic heterocycles. The van der Waals surface area contributed by atoms with Crippen molar-refractivity contribution >= 4 is 0 Å². The zero-order valence-electron chi connectivity index (χ0n) is 10.6. The van der Waals surface area contributed by atoms with Gasteiger partial charge in [0.05, 0.1) is 6.61 Å². The molecule has 4 bridgehead atoms. The number of hydrogen-bond donors (Lipinski definition) is 1. The van der Waals surface area contributed by atoms with Gasteiger partial charge in [-0.25, -0.2) is 0 Å². The fraction of sp³-hybridized carbons (Fsp3) is 1.00. The molecule has 4 aliphatic rings. The quantitative estimate of drug-likeness (QED) is 0.740. The highest BCUT2D eigenvalue weighted by molar-refractivity contribution is 5.00. The molecular weight excluding hydrogens is 198 g/mol. The first-order valence-corrected chi connectivity index (χ1v) is 7.09. The highest BCUT2D eigenvalue weighted by Crippen LogP contribution is 2.53. The average molecular weight is 223 g/mol. The Morgan fingerprint density at radius 2 is 1.56 bits per heavy atom. The third-order valence-corrected chi connectivity index (χ3v) is 4.86. The van der Waals surface area contributed by atoms with E-state index in [1.54, 1.807) is 0 Å². The van der Waals surface area contributed by atoms with E-state index in [-0.39, 0.29) is 0 Å². The van der Waals surface area contributed by atoms with Crippen molar-refractivity contribution in [2.24, 2.45) is 29.6 Å². The zero-order valence-corrected chi connectivity index (χ0v) is 10.6. The molecular formula is C14H25NO. The Morgan fingerprint density at radius 3 is 2.06 bits per heavy atom. The molecule has 0 radical (unpaired) electrons. The summed E-state index contributed by atoms with van der Waals surface area (Å²) in [6.45, 7) is 5.26. The fourth-order valence-electron chi connectivity index (χ4n) is 4.43. The molecule has 2 nitrogen and oxygen atoms in total. The van der Waals surface area contributed by atoms with E-state index in [0.29, 0.717) is 12.0 Å². The van der Waals surface area contributed by atoms with Gasteiger partial charge in [0.25, 0.3) is 0 Å². The van der Waals surface area contributed by atoms with Gasteiger partial charge in [0.1, 0.15) is 0 Å². The van der Waals surface area contributed by atoms with Gasteiger partial charge in [0.2, 0.25) is 0 Å². The summed E-state index contributed by atoms with van der Waals surface area (Å²) in [6.07, 6.45) is 7.41. The van der Waals surface area contributed by atoms with Gasteiger partial charge in [-0.15, -0.1) is 0 Å². The first-order valence-electron chi connectivity index (χ1n) is 7.09. The van der Waals surface area contributed by atoms with Crippen LogP contribution in [0.2, 0.25) is 0 Å². The third kappa shape index (κ3) is 2.02. The lowest BCUT2D eigenvalue weighted by Crippen LogP contribution is -2.54. The Bertz CT molecular complexity index is 223. The lowest BCUT2D eigenvalue weighted by atomic mass is 9.54. The molecule has 4 rings (SSSR count). The van der Waals surface area contributed by atoms with Crippen molar-refractivity contribution in [3.63, 3.8) is 0 Å². The van der Waals surface area contributed by atoms with Crippen LogP contribution in [0.25, 0.3) is 0 Å². The maximum atomic E-state index is 5.67. The second-order valence-electron chi connectivity index (χ2n) is 6.78. The van der Waals surface area contributed by atoms with Crippen molar-refractivity contribution in [2.45, 2.75) is 52.0 Å². The molecule has 0 spiro atoms. The summed E-state index contributed by atoms with van der Waals surface area (Å²) in [6, 6.07) is 0.673. The number of hydroxylamine groups is 1. The molecule has 0 atom stereocenters. The van der Waals surface area contributed by atoms with Crippen LogP contribution < -0.4 is 5.48 Å². The topological polar surface area (TPSA) is 21.3 Å². The van der Waals surface area contributed by atoms with E-state index in [1.807, 2.05) is 0 Å². The van der Waals surface area contributed by atoms with Crippen LogP contribution in [-0.2, 0) is 4.84 Å². The van der Waals surface area contributed by atoms with E-state index in [0.717, 1.165) is 30.3 Å². The molecule has 4 saturated carbocycles. The van der Waals surface area contributed by atoms with Crippen LogP contribution in [0, 0.1) is 29.6 Å². The van der Waals surface area contributed by atoms with Crippen LogP contribution in [0.5, 0.6) is 0 Å². The van der Waals surface area contributed by atoms with Crippen molar-refractivity contribution in [1.82, 2.24) is 5.48 Å². The molecule has 0 heterocycles. The third-order valence-electron chi connectivity index (χ3n) is 4.86. The second-order valence-corrected chi connectivity index (χ2v) is 6.78. The van der Waals surface area contributed by atoms with Crippen LogP contribution in [-0.4, -0.2) is 12.6 Å².